The molecule has 1 aliphatic carbocycles. The van der Waals surface area contributed by atoms with Crippen molar-refractivity contribution in [1.82, 2.24) is 10.0 Å². The zero-order chi connectivity index (χ0) is 23.7. The Morgan fingerprint density at radius 1 is 1.00 bits per heavy atom. The number of nitro groups is 1. The van der Waals surface area contributed by atoms with Gasteiger partial charge in [0.05, 0.1) is 16.8 Å². The number of rotatable bonds is 6. The van der Waals surface area contributed by atoms with Crippen LogP contribution in [0.2, 0.25) is 5.02 Å². The smallest absolute Gasteiger partial charge is 0.273 e. The summed E-state index contributed by atoms with van der Waals surface area (Å²) in [5.74, 6) is -3.70. The number of non-ortho nitro benzene ring substituents is 1. The number of hydrogen-bond acceptors (Lipinski definition) is 6. The van der Waals surface area contributed by atoms with E-state index in [9.17, 15) is 29.3 Å². The van der Waals surface area contributed by atoms with E-state index in [-0.39, 0.29) is 16.8 Å². The van der Waals surface area contributed by atoms with Crippen LogP contribution in [0.5, 0.6) is 0 Å². The Morgan fingerprint density at radius 2 is 1.61 bits per heavy atom. The van der Waals surface area contributed by atoms with E-state index in [0.717, 1.165) is 16.1 Å². The van der Waals surface area contributed by atoms with Crippen LogP contribution in [0.4, 0.5) is 5.69 Å². The number of imide groups is 1. The molecule has 1 fully saturated rings. The average Bonchev–Trinajstić information content (AvgIpc) is 3.07. The van der Waals surface area contributed by atoms with Crippen LogP contribution in [0.25, 0.3) is 0 Å². The molecular formula is C23H18ClN3O6. The van der Waals surface area contributed by atoms with E-state index in [4.69, 9.17) is 11.6 Å². The zero-order valence-corrected chi connectivity index (χ0v) is 18.0. The summed E-state index contributed by atoms with van der Waals surface area (Å²) in [6, 6.07) is 10.9. The van der Waals surface area contributed by atoms with Gasteiger partial charge in [-0.1, -0.05) is 35.9 Å². The number of allylic oxidation sites excluding steroid dienone is 2. The van der Waals surface area contributed by atoms with Crippen molar-refractivity contribution in [3.63, 3.8) is 0 Å². The first-order chi connectivity index (χ1) is 15.8. The molecule has 1 saturated heterocycles. The minimum absolute atomic E-state index is 0.0173. The van der Waals surface area contributed by atoms with Crippen molar-refractivity contribution in [1.29, 1.82) is 0 Å². The van der Waals surface area contributed by atoms with Crippen molar-refractivity contribution in [2.24, 2.45) is 11.8 Å². The molecule has 4 rings (SSSR count). The Bertz CT molecular complexity index is 1170. The van der Waals surface area contributed by atoms with E-state index in [1.165, 1.54) is 42.5 Å². The van der Waals surface area contributed by atoms with Crippen LogP contribution in [0.1, 0.15) is 33.6 Å². The van der Waals surface area contributed by atoms with E-state index >= 15 is 0 Å². The highest BCUT2D eigenvalue weighted by atomic mass is 35.5. The molecule has 10 heteroatoms. The fraction of sp³-hybridized carbons (Fsp3) is 0.217. The second-order valence-corrected chi connectivity index (χ2v) is 8.18. The number of amides is 3. The third-order valence-electron chi connectivity index (χ3n) is 5.72. The van der Waals surface area contributed by atoms with Gasteiger partial charge in [0.25, 0.3) is 23.4 Å². The summed E-state index contributed by atoms with van der Waals surface area (Å²) in [6.45, 7) is -0.646. The summed E-state index contributed by atoms with van der Waals surface area (Å²) in [7, 11) is 0. The van der Waals surface area contributed by atoms with Gasteiger partial charge in [0.1, 0.15) is 6.54 Å². The van der Waals surface area contributed by atoms with Gasteiger partial charge >= 0.3 is 0 Å². The molecule has 1 aliphatic heterocycles. The molecule has 0 saturated carbocycles. The molecule has 2 aromatic carbocycles. The van der Waals surface area contributed by atoms with Gasteiger partial charge in [-0.3, -0.25) is 29.3 Å². The summed E-state index contributed by atoms with van der Waals surface area (Å²) >= 11 is 5.90. The molecule has 3 amide bonds. The summed E-state index contributed by atoms with van der Waals surface area (Å²) in [6.07, 6.45) is 4.37. The van der Waals surface area contributed by atoms with E-state index in [2.05, 4.69) is 0 Å². The lowest BCUT2D eigenvalue weighted by Gasteiger charge is -2.30. The quantitative estimate of drug-likeness (QED) is 0.211. The van der Waals surface area contributed by atoms with Gasteiger partial charge in [0.15, 0.2) is 5.78 Å². The number of fused-ring (bicyclic) bond motifs is 1. The Hall–Kier alpha value is -3.85. The number of nitro benzene ring substituents is 1. The maximum Gasteiger partial charge on any atom is 0.273 e. The Balaban J connectivity index is 1.69. The van der Waals surface area contributed by atoms with Gasteiger partial charge in [0, 0.05) is 28.3 Å². The topological polar surface area (TPSA) is 118 Å². The number of hydrogen-bond donors (Lipinski definition) is 0. The maximum atomic E-state index is 13.3. The van der Waals surface area contributed by atoms with Crippen LogP contribution in [-0.4, -0.2) is 45.0 Å². The molecule has 0 unspecified atom stereocenters. The molecule has 9 nitrogen and oxygen atoms in total. The summed E-state index contributed by atoms with van der Waals surface area (Å²) < 4.78 is 0. The molecule has 2 aliphatic rings. The van der Waals surface area contributed by atoms with Crippen molar-refractivity contribution in [2.75, 3.05) is 6.54 Å². The normalized spacial score (nSPS) is 19.4. The molecule has 1 heterocycles. The third kappa shape index (κ3) is 4.27. The van der Waals surface area contributed by atoms with Gasteiger partial charge in [-0.15, -0.1) is 0 Å². The molecule has 168 valence electrons. The van der Waals surface area contributed by atoms with Crippen LogP contribution in [-0.2, 0) is 9.59 Å². The minimum atomic E-state index is -0.737. The highest BCUT2D eigenvalue weighted by Crippen LogP contribution is 2.36. The number of nitrogens with zero attached hydrogens (tertiary/aromatic N) is 3. The van der Waals surface area contributed by atoms with Gasteiger partial charge in [-0.2, -0.15) is 5.01 Å². The van der Waals surface area contributed by atoms with Crippen molar-refractivity contribution in [3.05, 3.63) is 86.9 Å². The van der Waals surface area contributed by atoms with Gasteiger partial charge in [0.2, 0.25) is 0 Å². The number of hydrazine groups is 1. The fourth-order valence-corrected chi connectivity index (χ4v) is 4.14. The van der Waals surface area contributed by atoms with Crippen LogP contribution in [0.15, 0.2) is 60.7 Å². The molecule has 0 bridgehead atoms. The van der Waals surface area contributed by atoms with Crippen LogP contribution >= 0.6 is 11.6 Å². The second kappa shape index (κ2) is 8.95. The van der Waals surface area contributed by atoms with E-state index in [1.54, 1.807) is 0 Å². The second-order valence-electron chi connectivity index (χ2n) is 7.74. The van der Waals surface area contributed by atoms with Crippen molar-refractivity contribution in [3.8, 4) is 0 Å². The lowest BCUT2D eigenvalue weighted by molar-refractivity contribution is -0.384. The molecule has 0 N–H and O–H groups in total. The summed E-state index contributed by atoms with van der Waals surface area (Å²) in [5.41, 5.74) is -0.182. The predicted molar refractivity (Wildman–Crippen MR) is 117 cm³/mol. The molecule has 2 atom stereocenters. The van der Waals surface area contributed by atoms with E-state index < -0.39 is 46.8 Å². The Labute approximate surface area is 193 Å². The largest absolute Gasteiger partial charge is 0.292 e. The Kier molecular flexibility index (Phi) is 6.06. The summed E-state index contributed by atoms with van der Waals surface area (Å²) in [5, 5.41) is 13.0. The first-order valence-corrected chi connectivity index (χ1v) is 10.5. The number of ketones is 1. The Morgan fingerprint density at radius 3 is 2.18 bits per heavy atom. The monoisotopic (exact) mass is 467 g/mol. The highest BCUT2D eigenvalue weighted by Gasteiger charge is 2.51. The first-order valence-electron chi connectivity index (χ1n) is 10.2. The van der Waals surface area contributed by atoms with E-state index in [0.29, 0.717) is 17.9 Å². The number of carbonyl (C=O) groups excluding carboxylic acids is 4. The average molecular weight is 468 g/mol. The molecule has 0 spiro atoms. The molecule has 33 heavy (non-hydrogen) atoms. The third-order valence-corrected chi connectivity index (χ3v) is 5.98. The lowest BCUT2D eigenvalue weighted by Crippen LogP contribution is -2.52. The number of carbonyl (C=O) groups is 4. The number of benzene rings is 2. The van der Waals surface area contributed by atoms with Crippen LogP contribution < -0.4 is 0 Å². The van der Waals surface area contributed by atoms with Gasteiger partial charge < -0.3 is 0 Å². The number of Topliss-reactive ketones (excluding diaryl/α,β-unsaturated/α-hetero) is 1. The lowest BCUT2D eigenvalue weighted by atomic mass is 9.85. The predicted octanol–water partition coefficient (Wildman–Crippen LogP) is 3.44. The first kappa shape index (κ1) is 22.3. The fourth-order valence-electron chi connectivity index (χ4n) is 4.02. The van der Waals surface area contributed by atoms with Crippen LogP contribution in [0, 0.1) is 22.0 Å². The summed E-state index contributed by atoms with van der Waals surface area (Å²) in [4.78, 5) is 63.0. The van der Waals surface area contributed by atoms with Crippen molar-refractivity contribution in [2.45, 2.75) is 12.8 Å². The van der Waals surface area contributed by atoms with E-state index in [1.807, 2.05) is 12.2 Å². The minimum Gasteiger partial charge on any atom is -0.292 e. The van der Waals surface area contributed by atoms with Crippen molar-refractivity contribution < 1.29 is 24.1 Å². The SMILES string of the molecule is O=C(CN(C(=O)c1ccc(Cl)cc1)N1C(=O)[C@H]2CC=CC[C@H]2C1=O)c1cccc([N+](=O)[O-])c1. The van der Waals surface area contributed by atoms with Gasteiger partial charge in [-0.05, 0) is 37.1 Å². The number of halogens is 1. The molecule has 0 radical (unpaired) electrons. The van der Waals surface area contributed by atoms with Crippen molar-refractivity contribution >= 4 is 40.8 Å². The molecule has 2 aromatic rings. The maximum absolute atomic E-state index is 13.3. The molecular weight excluding hydrogens is 450 g/mol. The molecule has 0 aromatic heterocycles. The van der Waals surface area contributed by atoms with Crippen LogP contribution in [0.3, 0.4) is 0 Å². The highest BCUT2D eigenvalue weighted by molar-refractivity contribution is 6.30. The van der Waals surface area contributed by atoms with Gasteiger partial charge in [-0.25, -0.2) is 5.01 Å². The standard InChI is InChI=1S/C23H18ClN3O6/c24-16-10-8-14(9-11-16)21(29)25(13-20(28)15-4-3-5-17(12-15)27(32)33)26-22(30)18-6-1-2-7-19(18)23(26)31/h1-5,8-12,18-19H,6-7,13H2/t18-,19+. The zero-order valence-electron chi connectivity index (χ0n) is 17.2.